The van der Waals surface area contributed by atoms with Crippen LogP contribution in [0.15, 0.2) is 47.2 Å². The highest BCUT2D eigenvalue weighted by Crippen LogP contribution is 2.31. The Morgan fingerprint density at radius 2 is 1.80 bits per heavy atom. The van der Waals surface area contributed by atoms with Crippen LogP contribution in [0.3, 0.4) is 0 Å². The number of ketones is 1. The van der Waals surface area contributed by atoms with Crippen LogP contribution in [-0.4, -0.2) is 31.9 Å². The number of hydrogen-bond donors (Lipinski definition) is 0. The second-order valence-corrected chi connectivity index (χ2v) is 5.18. The van der Waals surface area contributed by atoms with Gasteiger partial charge in [-0.05, 0) is 18.2 Å². The molecular formula is C17H17NO7. The molecule has 25 heavy (non-hydrogen) atoms. The molecule has 1 atom stereocenters. The minimum absolute atomic E-state index is 0.104. The Hall–Kier alpha value is -3.16. The van der Waals surface area contributed by atoms with Crippen molar-refractivity contribution in [2.75, 3.05) is 14.2 Å². The molecule has 2 heterocycles. The van der Waals surface area contributed by atoms with E-state index >= 15 is 0 Å². The Labute approximate surface area is 143 Å². The van der Waals surface area contributed by atoms with Gasteiger partial charge in [-0.2, -0.15) is 4.73 Å². The predicted molar refractivity (Wildman–Crippen MR) is 83.3 cm³/mol. The molecule has 8 heteroatoms. The zero-order chi connectivity index (χ0) is 18.4. The number of furan rings is 1. The van der Waals surface area contributed by atoms with Gasteiger partial charge in [-0.15, -0.1) is 0 Å². The van der Waals surface area contributed by atoms with Crippen LogP contribution < -0.4 is 4.73 Å². The average Bonchev–Trinajstić information content (AvgIpc) is 3.15. The van der Waals surface area contributed by atoms with Crippen molar-refractivity contribution in [2.24, 2.45) is 5.92 Å². The summed E-state index contributed by atoms with van der Waals surface area (Å²) in [5.74, 6) is -4.39. The lowest BCUT2D eigenvalue weighted by Crippen LogP contribution is -2.37. The van der Waals surface area contributed by atoms with Crippen molar-refractivity contribution in [1.82, 2.24) is 0 Å². The summed E-state index contributed by atoms with van der Waals surface area (Å²) in [6, 6.07) is 7.49. The van der Waals surface area contributed by atoms with Crippen molar-refractivity contribution in [1.29, 1.82) is 0 Å². The quantitative estimate of drug-likeness (QED) is 0.243. The lowest BCUT2D eigenvalue weighted by atomic mass is 9.85. The first-order chi connectivity index (χ1) is 12.0. The van der Waals surface area contributed by atoms with Crippen LogP contribution in [0.4, 0.5) is 0 Å². The largest absolute Gasteiger partial charge is 0.618 e. The fourth-order valence-electron chi connectivity index (χ4n) is 2.51. The van der Waals surface area contributed by atoms with Crippen molar-refractivity contribution < 1.29 is 33.0 Å². The third-order valence-electron chi connectivity index (χ3n) is 3.74. The summed E-state index contributed by atoms with van der Waals surface area (Å²) < 4.78 is 15.0. The Balaban J connectivity index is 2.39. The molecule has 0 saturated heterocycles. The number of Topliss-reactive ketones (excluding diaryl/α,β-unsaturated/α-hetero) is 1. The molecule has 0 N–H and O–H groups in total. The van der Waals surface area contributed by atoms with E-state index in [0.29, 0.717) is 4.73 Å². The monoisotopic (exact) mass is 347 g/mol. The Bertz CT molecular complexity index is 738. The fraction of sp³-hybridized carbons (Fsp3) is 0.294. The summed E-state index contributed by atoms with van der Waals surface area (Å²) in [7, 11) is 2.25. The molecule has 0 aliphatic rings. The Morgan fingerprint density at radius 3 is 2.32 bits per heavy atom. The molecule has 0 saturated carbocycles. The molecular weight excluding hydrogens is 330 g/mol. The number of hydrogen-bond acceptors (Lipinski definition) is 7. The van der Waals surface area contributed by atoms with Crippen molar-refractivity contribution in [3.05, 3.63) is 59.5 Å². The van der Waals surface area contributed by atoms with E-state index < -0.39 is 29.6 Å². The lowest BCUT2D eigenvalue weighted by molar-refractivity contribution is -0.607. The van der Waals surface area contributed by atoms with E-state index in [2.05, 4.69) is 9.47 Å². The van der Waals surface area contributed by atoms with E-state index in [4.69, 9.17) is 4.42 Å². The van der Waals surface area contributed by atoms with Crippen LogP contribution in [0.1, 0.15) is 28.6 Å². The van der Waals surface area contributed by atoms with Crippen LogP contribution in [0.25, 0.3) is 0 Å². The van der Waals surface area contributed by atoms with E-state index in [1.165, 1.54) is 30.7 Å². The highest BCUT2D eigenvalue weighted by molar-refractivity contribution is 5.98. The number of carbonyl (C=O) groups excluding carboxylic acids is 3. The number of aromatic nitrogens is 1. The molecule has 8 nitrogen and oxygen atoms in total. The third-order valence-corrected chi connectivity index (χ3v) is 3.74. The van der Waals surface area contributed by atoms with Crippen LogP contribution in [0.5, 0.6) is 0 Å². The van der Waals surface area contributed by atoms with Crippen LogP contribution in [-0.2, 0) is 19.1 Å². The maximum atomic E-state index is 12.5. The number of pyridine rings is 1. The molecule has 0 radical (unpaired) electrons. The van der Waals surface area contributed by atoms with Gasteiger partial charge in [0.05, 0.1) is 20.5 Å². The van der Waals surface area contributed by atoms with Gasteiger partial charge in [-0.1, -0.05) is 0 Å². The van der Waals surface area contributed by atoms with Gasteiger partial charge < -0.3 is 19.1 Å². The number of methoxy groups -OCH3 is 2. The van der Waals surface area contributed by atoms with Gasteiger partial charge in [0, 0.05) is 24.5 Å². The van der Waals surface area contributed by atoms with Crippen LogP contribution in [0.2, 0.25) is 0 Å². The fourth-order valence-corrected chi connectivity index (χ4v) is 2.51. The Morgan fingerprint density at radius 1 is 1.12 bits per heavy atom. The maximum Gasteiger partial charge on any atom is 0.320 e. The van der Waals surface area contributed by atoms with Crippen LogP contribution >= 0.6 is 0 Å². The van der Waals surface area contributed by atoms with Crippen molar-refractivity contribution in [3.63, 3.8) is 0 Å². The molecule has 0 amide bonds. The summed E-state index contributed by atoms with van der Waals surface area (Å²) in [5.41, 5.74) is -0.104. The first-order valence-electron chi connectivity index (χ1n) is 7.40. The van der Waals surface area contributed by atoms with Crippen molar-refractivity contribution in [2.45, 2.75) is 12.3 Å². The molecule has 0 fully saturated rings. The van der Waals surface area contributed by atoms with Crippen molar-refractivity contribution >= 4 is 17.7 Å². The topological polar surface area (TPSA) is 110 Å². The number of carbonyl (C=O) groups is 3. The molecule has 0 bridgehead atoms. The summed E-state index contributed by atoms with van der Waals surface area (Å²) in [6.45, 7) is 0. The van der Waals surface area contributed by atoms with Gasteiger partial charge >= 0.3 is 11.9 Å². The molecule has 0 aliphatic carbocycles. The number of ether oxygens (including phenoxy) is 2. The SMILES string of the molecule is COC(=O)C(C(=O)OC)[C@H](CC(=O)c1cccc[n+]1[O-])c1ccco1. The molecule has 132 valence electrons. The highest BCUT2D eigenvalue weighted by Gasteiger charge is 2.41. The second kappa shape index (κ2) is 8.09. The molecule has 0 unspecified atom stereocenters. The van der Waals surface area contributed by atoms with Crippen LogP contribution in [0, 0.1) is 11.1 Å². The van der Waals surface area contributed by atoms with E-state index in [0.717, 1.165) is 14.2 Å². The lowest BCUT2D eigenvalue weighted by Gasteiger charge is -2.20. The number of esters is 2. The molecule has 2 rings (SSSR count). The number of nitrogens with zero attached hydrogens (tertiary/aromatic N) is 1. The maximum absolute atomic E-state index is 12.5. The standard InChI is InChI=1S/C17H17NO7/c1-23-16(20)15(17(21)24-2)11(14-7-5-9-25-14)10-13(19)12-6-3-4-8-18(12)22/h3-9,11,15H,10H2,1-2H3/t11-/m1/s1. The first-order valence-corrected chi connectivity index (χ1v) is 7.40. The normalized spacial score (nSPS) is 11.8. The molecule has 2 aromatic rings. The van der Waals surface area contributed by atoms with E-state index in [-0.39, 0.29) is 17.9 Å². The van der Waals surface area contributed by atoms with Crippen molar-refractivity contribution in [3.8, 4) is 0 Å². The highest BCUT2D eigenvalue weighted by atomic mass is 16.5. The Kier molecular flexibility index (Phi) is 5.89. The summed E-state index contributed by atoms with van der Waals surface area (Å²) in [4.78, 5) is 36.7. The summed E-state index contributed by atoms with van der Waals surface area (Å²) in [6.07, 6.45) is 2.23. The van der Waals surface area contributed by atoms with Gasteiger partial charge in [0.1, 0.15) is 5.76 Å². The zero-order valence-corrected chi connectivity index (χ0v) is 13.7. The van der Waals surface area contributed by atoms with Gasteiger partial charge in [-0.3, -0.25) is 14.4 Å². The molecule has 0 aromatic carbocycles. The molecule has 0 spiro atoms. The summed E-state index contributed by atoms with van der Waals surface area (Å²) in [5, 5.41) is 11.8. The second-order valence-electron chi connectivity index (χ2n) is 5.18. The summed E-state index contributed by atoms with van der Waals surface area (Å²) >= 11 is 0. The zero-order valence-electron chi connectivity index (χ0n) is 13.7. The van der Waals surface area contributed by atoms with Gasteiger partial charge in [0.25, 0.3) is 5.69 Å². The molecule has 0 aliphatic heterocycles. The van der Waals surface area contributed by atoms with Gasteiger partial charge in [0.2, 0.25) is 5.78 Å². The number of rotatable bonds is 7. The predicted octanol–water partition coefficient (Wildman–Crippen LogP) is 1.23. The third kappa shape index (κ3) is 4.03. The minimum Gasteiger partial charge on any atom is -0.618 e. The van der Waals surface area contributed by atoms with Gasteiger partial charge in [-0.25, -0.2) is 0 Å². The van der Waals surface area contributed by atoms with E-state index in [9.17, 15) is 19.6 Å². The van der Waals surface area contributed by atoms with E-state index in [1.807, 2.05) is 0 Å². The van der Waals surface area contributed by atoms with Gasteiger partial charge in [0.15, 0.2) is 12.1 Å². The first kappa shape index (κ1) is 18.2. The smallest absolute Gasteiger partial charge is 0.320 e. The minimum atomic E-state index is -1.39. The van der Waals surface area contributed by atoms with E-state index in [1.54, 1.807) is 12.1 Å². The molecule has 2 aromatic heterocycles. The average molecular weight is 347 g/mol.